The summed E-state index contributed by atoms with van der Waals surface area (Å²) < 4.78 is 6.29. The monoisotopic (exact) mass is 723 g/mol. The van der Waals surface area contributed by atoms with Crippen molar-refractivity contribution in [2.75, 3.05) is 26.2 Å². The van der Waals surface area contributed by atoms with E-state index in [4.69, 9.17) is 37.9 Å². The van der Waals surface area contributed by atoms with Crippen LogP contribution in [0.2, 0.25) is 5.02 Å². The molecule has 4 rings (SSSR count). The van der Waals surface area contributed by atoms with Crippen LogP contribution in [0.15, 0.2) is 64.8 Å². The number of amidine groups is 1. The molecule has 0 saturated carbocycles. The minimum atomic E-state index is -0.622. The van der Waals surface area contributed by atoms with E-state index in [1.54, 1.807) is 11.1 Å². The van der Waals surface area contributed by atoms with E-state index in [0.29, 0.717) is 59.9 Å². The molecule has 2 aromatic rings. The van der Waals surface area contributed by atoms with Crippen LogP contribution in [-0.2, 0) is 16.8 Å². The number of unbranched alkanes of at least 4 members (excludes halogenated alkanes) is 1. The molecule has 1 aromatic heterocycles. The Morgan fingerprint density at radius 3 is 2.38 bits per heavy atom. The Labute approximate surface area is 309 Å². The van der Waals surface area contributed by atoms with E-state index in [1.807, 2.05) is 54.3 Å². The highest BCUT2D eigenvalue weighted by Crippen LogP contribution is 2.35. The van der Waals surface area contributed by atoms with E-state index in [9.17, 15) is 9.59 Å². The molecule has 1 saturated heterocycles. The highest BCUT2D eigenvalue weighted by molar-refractivity contribution is 6.31. The van der Waals surface area contributed by atoms with Gasteiger partial charge in [0, 0.05) is 65.4 Å². The van der Waals surface area contributed by atoms with Crippen LogP contribution < -0.4 is 10.1 Å². The first kappa shape index (κ1) is 39.4. The number of carbonyl (C=O) groups is 2. The van der Waals surface area contributed by atoms with Gasteiger partial charge in [-0.1, -0.05) is 81.6 Å². The predicted octanol–water partition coefficient (Wildman–Crippen LogP) is 9.30. The highest BCUT2D eigenvalue weighted by Gasteiger charge is 2.35. The molecule has 1 aromatic carbocycles. The molecule has 1 N–H and O–H groups in total. The molecule has 0 spiro atoms. The van der Waals surface area contributed by atoms with Crippen molar-refractivity contribution in [2.45, 2.75) is 104 Å². The lowest BCUT2D eigenvalue weighted by Crippen LogP contribution is -2.50. The van der Waals surface area contributed by atoms with Crippen LogP contribution in [-0.4, -0.2) is 64.3 Å². The summed E-state index contributed by atoms with van der Waals surface area (Å²) in [5.74, 6) is 1.49. The summed E-state index contributed by atoms with van der Waals surface area (Å²) >= 11 is 12.6. The summed E-state index contributed by atoms with van der Waals surface area (Å²) in [6.07, 6.45) is 12.6. The van der Waals surface area contributed by atoms with Gasteiger partial charge in [0.1, 0.15) is 11.6 Å². The number of hydrogen-bond acceptors (Lipinski definition) is 5. The Kier molecular flexibility index (Phi) is 14.0. The number of carbonyl (C=O) groups excluding carboxylic acids is 2. The van der Waals surface area contributed by atoms with Gasteiger partial charge in [-0.2, -0.15) is 0 Å². The fraction of sp³-hybridized carbons (Fsp3) is 0.550. The maximum absolute atomic E-state index is 14.9. The Hall–Kier alpha value is -3.36. The summed E-state index contributed by atoms with van der Waals surface area (Å²) in [6.45, 7) is 17.1. The van der Waals surface area contributed by atoms with Crippen LogP contribution in [0.3, 0.4) is 0 Å². The first-order valence-electron chi connectivity index (χ1n) is 18.1. The topological polar surface area (TPSA) is 87.1 Å². The van der Waals surface area contributed by atoms with E-state index in [1.165, 1.54) is 0 Å². The zero-order valence-corrected chi connectivity index (χ0v) is 32.4. The van der Waals surface area contributed by atoms with E-state index in [0.717, 1.165) is 43.4 Å². The van der Waals surface area contributed by atoms with Crippen molar-refractivity contribution in [1.29, 1.82) is 0 Å². The molecule has 3 amide bonds. The summed E-state index contributed by atoms with van der Waals surface area (Å²) in [5, 5.41) is 4.38. The number of allylic oxidation sites excluding steroid dienone is 3. The molecule has 1 atom stereocenters. The van der Waals surface area contributed by atoms with Gasteiger partial charge in [0.25, 0.3) is 0 Å². The number of benzene rings is 1. The SMILES string of the molecule is CCCCNC(=O)CC1CCN(C(=O)N(Cc2ccc(Cl)cc2)C(=NC(C)(C)C2C=CC(Cl)=CC2)c2cnc(C(C)(C)C)cc2OCC)CC1. The number of amides is 3. The van der Waals surface area contributed by atoms with Crippen molar-refractivity contribution in [3.63, 3.8) is 0 Å². The number of ether oxygens (including phenoxy) is 1. The molecule has 1 unspecified atom stereocenters. The van der Waals surface area contributed by atoms with Gasteiger partial charge in [0.2, 0.25) is 5.91 Å². The van der Waals surface area contributed by atoms with E-state index in [-0.39, 0.29) is 35.7 Å². The molecule has 0 radical (unpaired) electrons. The summed E-state index contributed by atoms with van der Waals surface area (Å²) in [4.78, 5) is 41.4. The fourth-order valence-corrected chi connectivity index (χ4v) is 6.56. The van der Waals surface area contributed by atoms with Gasteiger partial charge in [0.05, 0.1) is 24.3 Å². The van der Waals surface area contributed by atoms with Crippen molar-refractivity contribution in [1.82, 2.24) is 20.1 Å². The van der Waals surface area contributed by atoms with Gasteiger partial charge >= 0.3 is 6.03 Å². The van der Waals surface area contributed by atoms with Crippen molar-refractivity contribution in [3.05, 3.63) is 81.6 Å². The number of rotatable bonds is 12. The standard InChI is InChI=1S/C40H55Cl2N5O3/c1-8-10-21-43-36(48)24-28-19-22-46(23-20-28)38(49)47(27-29-11-15-31(41)16-12-29)37(45-40(6,7)30-13-17-32(42)18-14-30)33-26-44-35(39(3,4)5)25-34(33)50-9-2/h11-13,15-18,25-26,28,30H,8-10,14,19-24,27H2,1-7H3,(H,43,48). The summed E-state index contributed by atoms with van der Waals surface area (Å²) in [6, 6.07) is 9.39. The van der Waals surface area contributed by atoms with Crippen molar-refractivity contribution >= 4 is 41.0 Å². The van der Waals surface area contributed by atoms with Crippen LogP contribution in [0, 0.1) is 11.8 Å². The van der Waals surface area contributed by atoms with E-state index in [2.05, 4.69) is 52.9 Å². The zero-order chi connectivity index (χ0) is 36.5. The Bertz CT molecular complexity index is 1550. The third kappa shape index (κ3) is 10.8. The molecule has 1 aliphatic heterocycles. The van der Waals surface area contributed by atoms with E-state index >= 15 is 0 Å². The number of hydrogen-bond donors (Lipinski definition) is 1. The second-order valence-electron chi connectivity index (χ2n) is 15.0. The number of likely N-dealkylation sites (tertiary alicyclic amines) is 1. The maximum atomic E-state index is 14.9. The van der Waals surface area contributed by atoms with Gasteiger partial charge in [-0.15, -0.1) is 0 Å². The number of piperidine rings is 1. The summed E-state index contributed by atoms with van der Waals surface area (Å²) in [7, 11) is 0. The third-order valence-electron chi connectivity index (χ3n) is 9.48. The predicted molar refractivity (Wildman–Crippen MR) is 205 cm³/mol. The van der Waals surface area contributed by atoms with Crippen LogP contribution in [0.4, 0.5) is 4.79 Å². The van der Waals surface area contributed by atoms with Gasteiger partial charge in [-0.05, 0) is 76.1 Å². The molecule has 272 valence electrons. The first-order valence-corrected chi connectivity index (χ1v) is 18.8. The molecular formula is C40H55Cl2N5O3. The second kappa shape index (κ2) is 17.7. The number of nitrogens with zero attached hydrogens (tertiary/aromatic N) is 4. The van der Waals surface area contributed by atoms with Gasteiger partial charge in [-0.3, -0.25) is 19.7 Å². The second-order valence-corrected chi connectivity index (χ2v) is 15.8. The molecule has 0 bridgehead atoms. The molecule has 1 fully saturated rings. The fourth-order valence-electron chi connectivity index (χ4n) is 6.27. The number of aromatic nitrogens is 1. The zero-order valence-electron chi connectivity index (χ0n) is 30.9. The van der Waals surface area contributed by atoms with Gasteiger partial charge in [-0.25, -0.2) is 4.79 Å². The minimum Gasteiger partial charge on any atom is -0.493 e. The number of aliphatic imine (C=N–C) groups is 1. The largest absolute Gasteiger partial charge is 0.493 e. The van der Waals surface area contributed by atoms with Crippen LogP contribution in [0.1, 0.15) is 104 Å². The average molecular weight is 725 g/mol. The number of pyridine rings is 1. The molecule has 10 heteroatoms. The maximum Gasteiger partial charge on any atom is 0.325 e. The average Bonchev–Trinajstić information content (AvgIpc) is 3.07. The molecule has 2 heterocycles. The Morgan fingerprint density at radius 2 is 1.78 bits per heavy atom. The highest BCUT2D eigenvalue weighted by atomic mass is 35.5. The summed E-state index contributed by atoms with van der Waals surface area (Å²) in [5.41, 5.74) is 1.62. The minimum absolute atomic E-state index is 0.0454. The lowest BCUT2D eigenvalue weighted by molar-refractivity contribution is -0.122. The van der Waals surface area contributed by atoms with Crippen molar-refractivity contribution in [3.8, 4) is 5.75 Å². The smallest absolute Gasteiger partial charge is 0.325 e. The van der Waals surface area contributed by atoms with Gasteiger partial charge < -0.3 is 15.0 Å². The number of nitrogens with one attached hydrogen (secondary N) is 1. The lowest BCUT2D eigenvalue weighted by atomic mass is 9.83. The third-order valence-corrected chi connectivity index (χ3v) is 10.0. The Morgan fingerprint density at radius 1 is 1.08 bits per heavy atom. The quantitative estimate of drug-likeness (QED) is 0.134. The van der Waals surface area contributed by atoms with Gasteiger partial charge in [0.15, 0.2) is 0 Å². The van der Waals surface area contributed by atoms with Crippen molar-refractivity contribution in [2.24, 2.45) is 16.8 Å². The molecule has 1 aliphatic carbocycles. The van der Waals surface area contributed by atoms with Crippen LogP contribution in [0.5, 0.6) is 5.75 Å². The molecular weight excluding hydrogens is 669 g/mol. The number of urea groups is 1. The normalized spacial score (nSPS) is 17.4. The Balaban J connectivity index is 1.77. The molecule has 50 heavy (non-hydrogen) atoms. The van der Waals surface area contributed by atoms with Crippen LogP contribution >= 0.6 is 23.2 Å². The van der Waals surface area contributed by atoms with E-state index < -0.39 is 5.54 Å². The number of halogens is 2. The van der Waals surface area contributed by atoms with Crippen LogP contribution in [0.25, 0.3) is 0 Å². The van der Waals surface area contributed by atoms with Crippen molar-refractivity contribution < 1.29 is 14.3 Å². The first-order chi connectivity index (χ1) is 23.7. The molecule has 2 aliphatic rings. The molecule has 8 nitrogen and oxygen atoms in total. The lowest BCUT2D eigenvalue weighted by Gasteiger charge is -2.38.